The van der Waals surface area contributed by atoms with Crippen molar-refractivity contribution >= 4 is 11.8 Å². The van der Waals surface area contributed by atoms with E-state index in [1.165, 1.54) is 24.3 Å². The first-order valence-corrected chi connectivity index (χ1v) is 6.24. The molecule has 0 unspecified atom stereocenters. The van der Waals surface area contributed by atoms with Crippen LogP contribution in [0.1, 0.15) is 12.8 Å². The fraction of sp³-hybridized carbons (Fsp3) is 0.778. The van der Waals surface area contributed by atoms with Crippen molar-refractivity contribution in [1.29, 1.82) is 0 Å². The van der Waals surface area contributed by atoms with Crippen LogP contribution in [0.2, 0.25) is 0 Å². The maximum atomic E-state index is 4.06. The summed E-state index contributed by atoms with van der Waals surface area (Å²) in [4.78, 5) is 3.91. The molecule has 1 aliphatic heterocycles. The molecule has 0 aromatic carbocycles. The Balaban J connectivity index is 1.62. The number of hydrogen-bond donors (Lipinski definition) is 1. The van der Waals surface area contributed by atoms with Crippen LogP contribution in [0.5, 0.6) is 0 Å². The SMILES string of the molecule is c1ncn(CCNC2CCSCC2)n1. The van der Waals surface area contributed by atoms with E-state index in [-0.39, 0.29) is 0 Å². The van der Waals surface area contributed by atoms with E-state index in [1.807, 2.05) is 4.68 Å². The van der Waals surface area contributed by atoms with Crippen molar-refractivity contribution in [2.75, 3.05) is 18.1 Å². The van der Waals surface area contributed by atoms with Gasteiger partial charge in [0.05, 0.1) is 6.54 Å². The van der Waals surface area contributed by atoms with Crippen molar-refractivity contribution in [2.24, 2.45) is 0 Å². The summed E-state index contributed by atoms with van der Waals surface area (Å²) in [5, 5.41) is 7.62. The lowest BCUT2D eigenvalue weighted by Crippen LogP contribution is -2.34. The number of nitrogens with one attached hydrogen (secondary N) is 1. The van der Waals surface area contributed by atoms with Crippen molar-refractivity contribution < 1.29 is 0 Å². The molecule has 0 spiro atoms. The molecule has 1 aromatic heterocycles. The Kier molecular flexibility index (Phi) is 3.82. The summed E-state index contributed by atoms with van der Waals surface area (Å²) in [7, 11) is 0. The fourth-order valence-corrected chi connectivity index (χ4v) is 2.74. The van der Waals surface area contributed by atoms with Crippen LogP contribution in [0.4, 0.5) is 0 Å². The Bertz CT molecular complexity index is 243. The molecule has 1 aromatic rings. The molecule has 1 aliphatic rings. The van der Waals surface area contributed by atoms with Gasteiger partial charge in [0, 0.05) is 12.6 Å². The molecule has 5 heteroatoms. The molecule has 0 amide bonds. The molecule has 2 heterocycles. The second-order valence-corrected chi connectivity index (χ2v) is 4.72. The molecule has 0 saturated carbocycles. The van der Waals surface area contributed by atoms with E-state index in [1.54, 1.807) is 12.7 Å². The van der Waals surface area contributed by atoms with Crippen LogP contribution in [0.15, 0.2) is 12.7 Å². The van der Waals surface area contributed by atoms with Crippen molar-refractivity contribution in [3.05, 3.63) is 12.7 Å². The third kappa shape index (κ3) is 2.99. The van der Waals surface area contributed by atoms with Gasteiger partial charge in [-0.25, -0.2) is 4.98 Å². The zero-order valence-electron chi connectivity index (χ0n) is 8.22. The Labute approximate surface area is 88.5 Å². The monoisotopic (exact) mass is 212 g/mol. The van der Waals surface area contributed by atoms with Gasteiger partial charge in [-0.1, -0.05) is 0 Å². The maximum absolute atomic E-state index is 4.06. The highest BCUT2D eigenvalue weighted by atomic mass is 32.2. The predicted molar refractivity (Wildman–Crippen MR) is 58.4 cm³/mol. The van der Waals surface area contributed by atoms with Gasteiger partial charge in [-0.2, -0.15) is 16.9 Å². The average Bonchev–Trinajstić information content (AvgIpc) is 2.72. The largest absolute Gasteiger partial charge is 0.312 e. The first-order chi connectivity index (χ1) is 6.95. The zero-order chi connectivity index (χ0) is 9.64. The summed E-state index contributed by atoms with van der Waals surface area (Å²) in [6.07, 6.45) is 5.96. The third-order valence-corrected chi connectivity index (χ3v) is 3.51. The molecular formula is C9H16N4S. The van der Waals surface area contributed by atoms with Gasteiger partial charge in [0.15, 0.2) is 0 Å². The summed E-state index contributed by atoms with van der Waals surface area (Å²) >= 11 is 2.06. The van der Waals surface area contributed by atoms with Gasteiger partial charge in [-0.15, -0.1) is 0 Å². The van der Waals surface area contributed by atoms with E-state index in [2.05, 4.69) is 27.2 Å². The fourth-order valence-electron chi connectivity index (χ4n) is 1.63. The van der Waals surface area contributed by atoms with Gasteiger partial charge in [-0.05, 0) is 24.3 Å². The Hall–Kier alpha value is -0.550. The molecule has 78 valence electrons. The van der Waals surface area contributed by atoms with Crippen LogP contribution in [0.25, 0.3) is 0 Å². The van der Waals surface area contributed by atoms with Crippen molar-refractivity contribution in [1.82, 2.24) is 20.1 Å². The second kappa shape index (κ2) is 5.36. The Morgan fingerprint density at radius 2 is 2.29 bits per heavy atom. The van der Waals surface area contributed by atoms with E-state index in [4.69, 9.17) is 0 Å². The topological polar surface area (TPSA) is 42.7 Å². The highest BCUT2D eigenvalue weighted by Gasteiger charge is 2.11. The first-order valence-electron chi connectivity index (χ1n) is 5.09. The quantitative estimate of drug-likeness (QED) is 0.800. The third-order valence-electron chi connectivity index (χ3n) is 2.46. The predicted octanol–water partition coefficient (Wildman–Crippen LogP) is 0.763. The van der Waals surface area contributed by atoms with Gasteiger partial charge >= 0.3 is 0 Å². The number of hydrogen-bond acceptors (Lipinski definition) is 4. The van der Waals surface area contributed by atoms with E-state index < -0.39 is 0 Å². The normalized spacial score (nSPS) is 18.6. The highest BCUT2D eigenvalue weighted by Crippen LogP contribution is 2.16. The van der Waals surface area contributed by atoms with Crippen molar-refractivity contribution in [3.63, 3.8) is 0 Å². The van der Waals surface area contributed by atoms with Crippen LogP contribution in [0, 0.1) is 0 Å². The molecule has 0 radical (unpaired) electrons. The lowest BCUT2D eigenvalue weighted by atomic mass is 10.1. The van der Waals surface area contributed by atoms with E-state index in [0.717, 1.165) is 19.1 Å². The molecular weight excluding hydrogens is 196 g/mol. The number of thioether (sulfide) groups is 1. The van der Waals surface area contributed by atoms with Crippen molar-refractivity contribution in [3.8, 4) is 0 Å². The summed E-state index contributed by atoms with van der Waals surface area (Å²) in [5.74, 6) is 2.61. The van der Waals surface area contributed by atoms with Gasteiger partial charge in [0.25, 0.3) is 0 Å². The van der Waals surface area contributed by atoms with Gasteiger partial charge in [0.2, 0.25) is 0 Å². The maximum Gasteiger partial charge on any atom is 0.137 e. The minimum atomic E-state index is 0.722. The molecule has 14 heavy (non-hydrogen) atoms. The second-order valence-electron chi connectivity index (χ2n) is 3.50. The van der Waals surface area contributed by atoms with Gasteiger partial charge in [0.1, 0.15) is 12.7 Å². The number of rotatable bonds is 4. The minimum Gasteiger partial charge on any atom is -0.312 e. The summed E-state index contributed by atoms with van der Waals surface area (Å²) in [6, 6.07) is 0.722. The van der Waals surface area contributed by atoms with E-state index >= 15 is 0 Å². The standard InChI is InChI=1S/C9H16N4S/c1-5-14-6-2-9(1)11-3-4-13-8-10-7-12-13/h7-9,11H,1-6H2. The lowest BCUT2D eigenvalue weighted by molar-refractivity contribution is 0.453. The van der Waals surface area contributed by atoms with Crippen molar-refractivity contribution in [2.45, 2.75) is 25.4 Å². The smallest absolute Gasteiger partial charge is 0.137 e. The molecule has 0 bridgehead atoms. The molecule has 0 aliphatic carbocycles. The zero-order valence-corrected chi connectivity index (χ0v) is 9.04. The van der Waals surface area contributed by atoms with Gasteiger partial charge in [-0.3, -0.25) is 4.68 Å². The van der Waals surface area contributed by atoms with E-state index in [9.17, 15) is 0 Å². The molecule has 4 nitrogen and oxygen atoms in total. The summed E-state index contributed by atoms with van der Waals surface area (Å²) < 4.78 is 1.87. The summed E-state index contributed by atoms with van der Waals surface area (Å²) in [5.41, 5.74) is 0. The lowest BCUT2D eigenvalue weighted by Gasteiger charge is -2.22. The molecule has 1 saturated heterocycles. The summed E-state index contributed by atoms with van der Waals surface area (Å²) in [6.45, 7) is 1.92. The van der Waals surface area contributed by atoms with Crippen LogP contribution in [-0.2, 0) is 6.54 Å². The Morgan fingerprint density at radius 3 is 3.00 bits per heavy atom. The van der Waals surface area contributed by atoms with Gasteiger partial charge < -0.3 is 5.32 Å². The Morgan fingerprint density at radius 1 is 1.43 bits per heavy atom. The molecule has 1 fully saturated rings. The molecule has 2 rings (SSSR count). The average molecular weight is 212 g/mol. The molecule has 1 N–H and O–H groups in total. The van der Waals surface area contributed by atoms with Crippen LogP contribution in [0.3, 0.4) is 0 Å². The van der Waals surface area contributed by atoms with E-state index in [0.29, 0.717) is 0 Å². The van der Waals surface area contributed by atoms with Crippen LogP contribution < -0.4 is 5.32 Å². The number of aromatic nitrogens is 3. The van der Waals surface area contributed by atoms with Crippen LogP contribution >= 0.6 is 11.8 Å². The first kappa shape index (κ1) is 9.98. The molecule has 0 atom stereocenters. The minimum absolute atomic E-state index is 0.722. The highest BCUT2D eigenvalue weighted by molar-refractivity contribution is 7.99. The van der Waals surface area contributed by atoms with Crippen LogP contribution in [-0.4, -0.2) is 38.9 Å². The number of nitrogens with zero attached hydrogens (tertiary/aromatic N) is 3.